The second kappa shape index (κ2) is 8.31. The number of amides is 1. The molecule has 0 bridgehead atoms. The summed E-state index contributed by atoms with van der Waals surface area (Å²) in [5, 5.41) is 7.46. The molecule has 1 aliphatic heterocycles. The molecule has 0 saturated carbocycles. The first-order chi connectivity index (χ1) is 14.2. The van der Waals surface area contributed by atoms with Crippen molar-refractivity contribution in [3.63, 3.8) is 0 Å². The van der Waals surface area contributed by atoms with Gasteiger partial charge in [-0.25, -0.2) is 0 Å². The molecule has 0 radical (unpaired) electrons. The molecule has 0 fully saturated rings. The zero-order chi connectivity index (χ0) is 20.4. The maximum atomic E-state index is 13.1. The highest BCUT2D eigenvalue weighted by Gasteiger charge is 2.41. The summed E-state index contributed by atoms with van der Waals surface area (Å²) in [6, 6.07) is 15.9. The van der Waals surface area contributed by atoms with Crippen LogP contribution in [0.3, 0.4) is 0 Å². The topological polar surface area (TPSA) is 67.5 Å². The van der Waals surface area contributed by atoms with E-state index in [1.54, 1.807) is 26.0 Å². The third kappa shape index (κ3) is 3.52. The maximum absolute atomic E-state index is 13.1. The van der Waals surface area contributed by atoms with Gasteiger partial charge in [0.05, 0.1) is 25.5 Å². The Hall–Kier alpha value is -2.77. The highest BCUT2D eigenvalue weighted by Crippen LogP contribution is 2.43. The zero-order valence-electron chi connectivity index (χ0n) is 16.6. The number of nitrogens with one attached hydrogen (secondary N) is 1. The summed E-state index contributed by atoms with van der Waals surface area (Å²) < 4.78 is 10.5. The highest BCUT2D eigenvalue weighted by atomic mass is 32.2. The Bertz CT molecular complexity index is 999. The normalized spacial score (nSPS) is 15.6. The van der Waals surface area contributed by atoms with Crippen molar-refractivity contribution >= 4 is 17.7 Å². The lowest BCUT2D eigenvalue weighted by molar-refractivity contribution is 0.0677. The number of fused-ring (bicyclic) bond motifs is 1. The minimum absolute atomic E-state index is 0.0525. The molecule has 2 heterocycles. The van der Waals surface area contributed by atoms with Crippen molar-refractivity contribution in [2.75, 3.05) is 33.6 Å². The van der Waals surface area contributed by atoms with Gasteiger partial charge in [0, 0.05) is 29.7 Å². The highest BCUT2D eigenvalue weighted by molar-refractivity contribution is 7.98. The van der Waals surface area contributed by atoms with Crippen molar-refractivity contribution in [3.05, 3.63) is 65.4 Å². The van der Waals surface area contributed by atoms with Gasteiger partial charge in [0.2, 0.25) is 0 Å². The van der Waals surface area contributed by atoms with Crippen LogP contribution >= 0.6 is 11.8 Å². The standard InChI is InChI=1S/C22H23N3O3S/c1-27-13-12-25-21(15-6-10-17(29-3)11-7-15)18-19(23-24-20(18)22(25)26)14-4-8-16(28-2)9-5-14/h4-11,21H,12-13H2,1-3H3,(H,23,24). The lowest BCUT2D eigenvalue weighted by Gasteiger charge is -2.26. The summed E-state index contributed by atoms with van der Waals surface area (Å²) in [6.07, 6.45) is 2.05. The smallest absolute Gasteiger partial charge is 0.273 e. The number of aromatic amines is 1. The van der Waals surface area contributed by atoms with Crippen LogP contribution in [0, 0.1) is 0 Å². The van der Waals surface area contributed by atoms with Gasteiger partial charge in [-0.15, -0.1) is 11.8 Å². The number of benzene rings is 2. The average Bonchev–Trinajstić information content (AvgIpc) is 3.31. The molecule has 150 valence electrons. The summed E-state index contributed by atoms with van der Waals surface area (Å²) >= 11 is 1.70. The fraction of sp³-hybridized carbons (Fsp3) is 0.273. The molecule has 1 atom stereocenters. The van der Waals surface area contributed by atoms with Crippen molar-refractivity contribution in [1.29, 1.82) is 0 Å². The SMILES string of the molecule is COCCN1C(=O)c2[nH]nc(-c3ccc(OC)cc3)c2C1c1ccc(SC)cc1. The van der Waals surface area contributed by atoms with Crippen LogP contribution in [0.15, 0.2) is 53.4 Å². The first-order valence-electron chi connectivity index (χ1n) is 9.34. The minimum atomic E-state index is -0.209. The molecule has 2 aromatic carbocycles. The summed E-state index contributed by atoms with van der Waals surface area (Å²) in [4.78, 5) is 16.2. The fourth-order valence-corrected chi connectivity index (χ4v) is 4.13. The zero-order valence-corrected chi connectivity index (χ0v) is 17.5. The second-order valence-corrected chi connectivity index (χ2v) is 7.64. The number of aromatic nitrogens is 2. The van der Waals surface area contributed by atoms with Gasteiger partial charge in [-0.05, 0) is 48.2 Å². The lowest BCUT2D eigenvalue weighted by atomic mass is 9.96. The van der Waals surface area contributed by atoms with Crippen LogP contribution in [0.4, 0.5) is 0 Å². The number of H-pyrrole nitrogens is 1. The van der Waals surface area contributed by atoms with Crippen LogP contribution in [-0.2, 0) is 4.74 Å². The van der Waals surface area contributed by atoms with Crippen LogP contribution in [-0.4, -0.2) is 54.6 Å². The first kappa shape index (κ1) is 19.5. The molecule has 1 N–H and O–H groups in total. The molecule has 1 aliphatic rings. The monoisotopic (exact) mass is 409 g/mol. The Morgan fingerprint density at radius 2 is 1.83 bits per heavy atom. The summed E-state index contributed by atoms with van der Waals surface area (Å²) in [6.45, 7) is 0.982. The Kier molecular flexibility index (Phi) is 5.60. The van der Waals surface area contributed by atoms with E-state index >= 15 is 0 Å². The molecule has 29 heavy (non-hydrogen) atoms. The fourth-order valence-electron chi connectivity index (χ4n) is 3.72. The lowest BCUT2D eigenvalue weighted by Crippen LogP contribution is -2.32. The van der Waals surface area contributed by atoms with E-state index in [0.717, 1.165) is 28.1 Å². The molecule has 1 amide bonds. The van der Waals surface area contributed by atoms with Crippen molar-refractivity contribution in [2.24, 2.45) is 0 Å². The van der Waals surface area contributed by atoms with Crippen LogP contribution in [0.5, 0.6) is 5.75 Å². The van der Waals surface area contributed by atoms with Gasteiger partial charge in [-0.1, -0.05) is 12.1 Å². The predicted molar refractivity (Wildman–Crippen MR) is 114 cm³/mol. The van der Waals surface area contributed by atoms with Gasteiger partial charge < -0.3 is 14.4 Å². The van der Waals surface area contributed by atoms with Crippen molar-refractivity contribution < 1.29 is 14.3 Å². The number of hydrogen-bond donors (Lipinski definition) is 1. The van der Waals surface area contributed by atoms with Gasteiger partial charge in [0.15, 0.2) is 0 Å². The van der Waals surface area contributed by atoms with Crippen molar-refractivity contribution in [2.45, 2.75) is 10.9 Å². The number of carbonyl (C=O) groups is 1. The van der Waals surface area contributed by atoms with Crippen LogP contribution in [0.1, 0.15) is 27.7 Å². The van der Waals surface area contributed by atoms with E-state index in [2.05, 4.69) is 40.7 Å². The largest absolute Gasteiger partial charge is 0.497 e. The number of hydrogen-bond acceptors (Lipinski definition) is 5. The minimum Gasteiger partial charge on any atom is -0.497 e. The molecule has 3 aromatic rings. The van der Waals surface area contributed by atoms with Gasteiger partial charge in [-0.3, -0.25) is 9.89 Å². The average molecular weight is 410 g/mol. The molecule has 4 rings (SSSR count). The van der Waals surface area contributed by atoms with Crippen molar-refractivity contribution in [1.82, 2.24) is 15.1 Å². The van der Waals surface area contributed by atoms with E-state index in [-0.39, 0.29) is 11.9 Å². The van der Waals surface area contributed by atoms with E-state index < -0.39 is 0 Å². The molecular formula is C22H23N3O3S. The predicted octanol–water partition coefficient (Wildman–Crippen LogP) is 4.00. The van der Waals surface area contributed by atoms with Crippen molar-refractivity contribution in [3.8, 4) is 17.0 Å². The van der Waals surface area contributed by atoms with E-state index in [1.807, 2.05) is 29.2 Å². The Morgan fingerprint density at radius 3 is 2.45 bits per heavy atom. The Balaban J connectivity index is 1.81. The number of rotatable bonds is 7. The number of thioether (sulfide) groups is 1. The molecule has 0 spiro atoms. The van der Waals surface area contributed by atoms with E-state index in [0.29, 0.717) is 18.8 Å². The van der Waals surface area contributed by atoms with Crippen LogP contribution in [0.2, 0.25) is 0 Å². The molecule has 6 nitrogen and oxygen atoms in total. The number of nitrogens with zero attached hydrogens (tertiary/aromatic N) is 2. The van der Waals surface area contributed by atoms with Crippen LogP contribution in [0.25, 0.3) is 11.3 Å². The van der Waals surface area contributed by atoms with E-state index in [1.165, 1.54) is 4.90 Å². The van der Waals surface area contributed by atoms with Gasteiger partial charge in [0.25, 0.3) is 5.91 Å². The summed E-state index contributed by atoms with van der Waals surface area (Å²) in [5.41, 5.74) is 4.24. The Labute approximate surface area is 174 Å². The van der Waals surface area contributed by atoms with Gasteiger partial charge in [0.1, 0.15) is 11.4 Å². The van der Waals surface area contributed by atoms with Gasteiger partial charge in [-0.2, -0.15) is 5.10 Å². The summed E-state index contributed by atoms with van der Waals surface area (Å²) in [7, 11) is 3.29. The number of ether oxygens (including phenoxy) is 2. The third-order valence-electron chi connectivity index (χ3n) is 5.20. The third-order valence-corrected chi connectivity index (χ3v) is 5.94. The molecule has 0 aliphatic carbocycles. The molecule has 0 saturated heterocycles. The van der Waals surface area contributed by atoms with E-state index in [9.17, 15) is 4.79 Å². The molecule has 1 unspecified atom stereocenters. The Morgan fingerprint density at radius 1 is 1.10 bits per heavy atom. The maximum Gasteiger partial charge on any atom is 0.273 e. The number of methoxy groups -OCH3 is 2. The molecule has 1 aromatic heterocycles. The number of carbonyl (C=O) groups excluding carboxylic acids is 1. The molecular weight excluding hydrogens is 386 g/mol. The summed E-state index contributed by atoms with van der Waals surface area (Å²) in [5.74, 6) is 0.728. The molecule has 7 heteroatoms. The van der Waals surface area contributed by atoms with Crippen LogP contribution < -0.4 is 4.74 Å². The van der Waals surface area contributed by atoms with E-state index in [4.69, 9.17) is 9.47 Å². The first-order valence-corrected chi connectivity index (χ1v) is 10.6. The second-order valence-electron chi connectivity index (χ2n) is 6.76. The van der Waals surface area contributed by atoms with Gasteiger partial charge >= 0.3 is 0 Å². The quantitative estimate of drug-likeness (QED) is 0.598.